The normalized spacial score (nSPS) is 11.4. The molecule has 0 saturated heterocycles. The monoisotopic (exact) mass is 246 g/mol. The molecule has 0 unspecified atom stereocenters. The van der Waals surface area contributed by atoms with E-state index in [1.54, 1.807) is 24.5 Å². The fraction of sp³-hybridized carbons (Fsp3) is 0. The van der Waals surface area contributed by atoms with Crippen molar-refractivity contribution in [1.29, 1.82) is 0 Å². The van der Waals surface area contributed by atoms with Gasteiger partial charge in [-0.2, -0.15) is 0 Å². The first-order valence-electron chi connectivity index (χ1n) is 4.82. The molecule has 5 nitrogen and oxygen atoms in total. The number of oxime groups is 1. The molecule has 3 N–H and O–H groups in total. The molecule has 0 aromatic carbocycles. The summed E-state index contributed by atoms with van der Waals surface area (Å²) in [4.78, 5) is 8.36. The fourth-order valence-electron chi connectivity index (χ4n) is 1.20. The predicted octanol–water partition coefficient (Wildman–Crippen LogP) is 1.72. The van der Waals surface area contributed by atoms with Crippen LogP contribution in [0.5, 0.6) is 0 Å². The van der Waals surface area contributed by atoms with E-state index >= 15 is 0 Å². The smallest absolute Gasteiger partial charge is 0.170 e. The second-order valence-electron chi connectivity index (χ2n) is 3.14. The molecule has 0 bridgehead atoms. The van der Waals surface area contributed by atoms with Crippen LogP contribution in [0, 0.1) is 0 Å². The maximum absolute atomic E-state index is 8.59. The van der Waals surface area contributed by atoms with Crippen molar-refractivity contribution in [3.63, 3.8) is 0 Å². The Labute approximate surface area is 102 Å². The lowest BCUT2D eigenvalue weighted by Crippen LogP contribution is -2.13. The van der Waals surface area contributed by atoms with E-state index in [-0.39, 0.29) is 5.84 Å². The molecule has 0 aliphatic heterocycles. The minimum absolute atomic E-state index is 0.0651. The van der Waals surface area contributed by atoms with E-state index in [2.05, 4.69) is 15.1 Å². The quantitative estimate of drug-likeness (QED) is 0.373. The van der Waals surface area contributed by atoms with Crippen molar-refractivity contribution in [2.24, 2.45) is 10.9 Å². The fourth-order valence-corrected chi connectivity index (χ4v) is 1.97. The molecule has 2 rings (SSSR count). The number of rotatable bonds is 3. The Kier molecular flexibility index (Phi) is 3.56. The van der Waals surface area contributed by atoms with Gasteiger partial charge in [0.2, 0.25) is 0 Å². The van der Waals surface area contributed by atoms with Gasteiger partial charge in [0.25, 0.3) is 0 Å². The molecule has 0 spiro atoms. The van der Waals surface area contributed by atoms with Crippen molar-refractivity contribution in [3.8, 4) is 0 Å². The Hall–Kier alpha value is -2.08. The summed E-state index contributed by atoms with van der Waals surface area (Å²) >= 11 is 1.42. The highest BCUT2D eigenvalue weighted by atomic mass is 32.2. The number of nitrogens with zero attached hydrogens (tertiary/aromatic N) is 3. The molecule has 2 aromatic rings. The molecular weight excluding hydrogens is 236 g/mol. The van der Waals surface area contributed by atoms with Crippen LogP contribution in [-0.4, -0.2) is 21.0 Å². The second-order valence-corrected chi connectivity index (χ2v) is 4.18. The first-order valence-corrected chi connectivity index (χ1v) is 5.64. The van der Waals surface area contributed by atoms with Crippen molar-refractivity contribution in [2.75, 3.05) is 0 Å². The third-order valence-electron chi connectivity index (χ3n) is 1.99. The largest absolute Gasteiger partial charge is 0.409 e. The van der Waals surface area contributed by atoms with Crippen molar-refractivity contribution < 1.29 is 5.21 Å². The summed E-state index contributed by atoms with van der Waals surface area (Å²) in [6.45, 7) is 0. The third kappa shape index (κ3) is 2.94. The van der Waals surface area contributed by atoms with Gasteiger partial charge in [0, 0.05) is 18.0 Å². The van der Waals surface area contributed by atoms with Crippen molar-refractivity contribution in [1.82, 2.24) is 9.97 Å². The molecule has 0 fully saturated rings. The Morgan fingerprint density at radius 1 is 1.18 bits per heavy atom. The average molecular weight is 246 g/mol. The lowest BCUT2D eigenvalue weighted by Gasteiger charge is -2.02. The Bertz CT molecular complexity index is 530. The van der Waals surface area contributed by atoms with Crippen LogP contribution >= 0.6 is 11.8 Å². The summed E-state index contributed by atoms with van der Waals surface area (Å²) in [6.07, 6.45) is 3.33. The number of nitrogens with two attached hydrogens (primary N) is 1. The molecular formula is C11H10N4OS. The van der Waals surface area contributed by atoms with Gasteiger partial charge in [0.15, 0.2) is 5.84 Å². The highest BCUT2D eigenvalue weighted by Gasteiger charge is 2.03. The summed E-state index contributed by atoms with van der Waals surface area (Å²) < 4.78 is 0. The Balaban J connectivity index is 2.23. The minimum Gasteiger partial charge on any atom is -0.409 e. The van der Waals surface area contributed by atoms with Crippen LogP contribution in [0.4, 0.5) is 0 Å². The summed E-state index contributed by atoms with van der Waals surface area (Å²) in [5, 5.41) is 13.1. The van der Waals surface area contributed by atoms with E-state index in [0.717, 1.165) is 10.1 Å². The van der Waals surface area contributed by atoms with Gasteiger partial charge in [0.05, 0.1) is 0 Å². The van der Waals surface area contributed by atoms with Gasteiger partial charge in [-0.3, -0.25) is 0 Å². The highest BCUT2D eigenvalue weighted by molar-refractivity contribution is 7.99. The van der Waals surface area contributed by atoms with Gasteiger partial charge in [-0.1, -0.05) is 23.0 Å². The SMILES string of the molecule is N/C(=N\O)c1ccnc(Sc2ccccn2)c1. The standard InChI is InChI=1S/C11H10N4OS/c12-11(15-16)8-4-6-14-10(7-8)17-9-3-1-2-5-13-9/h1-7,16H,(H2,12,15). The minimum atomic E-state index is 0.0651. The van der Waals surface area contributed by atoms with E-state index in [4.69, 9.17) is 10.9 Å². The van der Waals surface area contributed by atoms with Gasteiger partial charge in [-0.15, -0.1) is 0 Å². The zero-order chi connectivity index (χ0) is 12.1. The molecule has 0 saturated carbocycles. The van der Waals surface area contributed by atoms with E-state index in [9.17, 15) is 0 Å². The first-order chi connectivity index (χ1) is 8.29. The van der Waals surface area contributed by atoms with Crippen molar-refractivity contribution >= 4 is 17.6 Å². The summed E-state index contributed by atoms with van der Waals surface area (Å²) in [5.74, 6) is 0.0651. The van der Waals surface area contributed by atoms with Crippen LogP contribution in [0.1, 0.15) is 5.56 Å². The maximum atomic E-state index is 8.59. The summed E-state index contributed by atoms with van der Waals surface area (Å²) in [7, 11) is 0. The topological polar surface area (TPSA) is 84.4 Å². The number of hydrogen-bond donors (Lipinski definition) is 2. The zero-order valence-electron chi connectivity index (χ0n) is 8.82. The lowest BCUT2D eigenvalue weighted by molar-refractivity contribution is 0.318. The van der Waals surface area contributed by atoms with E-state index in [1.165, 1.54) is 11.8 Å². The molecule has 0 atom stereocenters. The molecule has 0 amide bonds. The van der Waals surface area contributed by atoms with Gasteiger partial charge in [-0.05, 0) is 24.3 Å². The molecule has 2 aromatic heterocycles. The van der Waals surface area contributed by atoms with Crippen LogP contribution in [0.25, 0.3) is 0 Å². The summed E-state index contributed by atoms with van der Waals surface area (Å²) in [6, 6.07) is 9.07. The van der Waals surface area contributed by atoms with Crippen molar-refractivity contribution in [3.05, 3.63) is 48.3 Å². The van der Waals surface area contributed by atoms with Crippen LogP contribution in [0.2, 0.25) is 0 Å². The van der Waals surface area contributed by atoms with Gasteiger partial charge in [-0.25, -0.2) is 9.97 Å². The lowest BCUT2D eigenvalue weighted by atomic mass is 10.2. The number of pyridine rings is 2. The number of aromatic nitrogens is 2. The Morgan fingerprint density at radius 3 is 2.71 bits per heavy atom. The maximum Gasteiger partial charge on any atom is 0.170 e. The van der Waals surface area contributed by atoms with Crippen LogP contribution in [0.15, 0.2) is 57.9 Å². The number of hydrogen-bond acceptors (Lipinski definition) is 5. The predicted molar refractivity (Wildman–Crippen MR) is 65.1 cm³/mol. The average Bonchev–Trinajstić information content (AvgIpc) is 2.39. The number of amidine groups is 1. The van der Waals surface area contributed by atoms with Crippen LogP contribution in [-0.2, 0) is 0 Å². The molecule has 6 heteroatoms. The summed E-state index contributed by atoms with van der Waals surface area (Å²) in [5.41, 5.74) is 6.13. The van der Waals surface area contributed by atoms with E-state index in [1.807, 2.05) is 18.2 Å². The van der Waals surface area contributed by atoms with Gasteiger partial charge >= 0.3 is 0 Å². The van der Waals surface area contributed by atoms with Crippen LogP contribution in [0.3, 0.4) is 0 Å². The van der Waals surface area contributed by atoms with Crippen LogP contribution < -0.4 is 5.73 Å². The first kappa shape index (κ1) is 11.4. The molecule has 0 aliphatic rings. The van der Waals surface area contributed by atoms with Gasteiger partial charge in [0.1, 0.15) is 10.1 Å². The highest BCUT2D eigenvalue weighted by Crippen LogP contribution is 2.23. The second kappa shape index (κ2) is 5.31. The zero-order valence-corrected chi connectivity index (χ0v) is 9.63. The van der Waals surface area contributed by atoms with Gasteiger partial charge < -0.3 is 10.9 Å². The van der Waals surface area contributed by atoms with E-state index < -0.39 is 0 Å². The molecule has 0 aliphatic carbocycles. The Morgan fingerprint density at radius 2 is 2.00 bits per heavy atom. The molecule has 2 heterocycles. The molecule has 17 heavy (non-hydrogen) atoms. The molecule has 0 radical (unpaired) electrons. The van der Waals surface area contributed by atoms with Crippen molar-refractivity contribution in [2.45, 2.75) is 10.1 Å². The molecule has 86 valence electrons. The van der Waals surface area contributed by atoms with E-state index in [0.29, 0.717) is 5.56 Å². The third-order valence-corrected chi connectivity index (χ3v) is 2.87.